The number of aliphatic hydroxyl groups is 1. The minimum absolute atomic E-state index is 0.346. The zero-order valence-corrected chi connectivity index (χ0v) is 14.5. The van der Waals surface area contributed by atoms with E-state index in [2.05, 4.69) is 36.9 Å². The highest BCUT2D eigenvalue weighted by Gasteiger charge is 2.16. The predicted molar refractivity (Wildman–Crippen MR) is 94.3 cm³/mol. The first kappa shape index (κ1) is 17.5. The van der Waals surface area contributed by atoms with Gasteiger partial charge in [0.25, 0.3) is 0 Å². The molecule has 124 valence electrons. The van der Waals surface area contributed by atoms with E-state index in [1.165, 1.54) is 62.5 Å². The highest BCUT2D eigenvalue weighted by Crippen LogP contribution is 2.25. The summed E-state index contributed by atoms with van der Waals surface area (Å²) in [5, 5.41) is 10.6. The third-order valence-electron chi connectivity index (χ3n) is 4.84. The zero-order chi connectivity index (χ0) is 15.8. The van der Waals surface area contributed by atoms with Crippen LogP contribution in [0.15, 0.2) is 18.2 Å². The maximum Gasteiger partial charge on any atom is 0.0917 e. The van der Waals surface area contributed by atoms with Crippen molar-refractivity contribution in [3.8, 4) is 0 Å². The summed E-state index contributed by atoms with van der Waals surface area (Å²) in [5.41, 5.74) is 4.08. The molecule has 0 radical (unpaired) electrons. The van der Waals surface area contributed by atoms with E-state index in [9.17, 15) is 5.11 Å². The van der Waals surface area contributed by atoms with Gasteiger partial charge in [-0.3, -0.25) is 0 Å². The lowest BCUT2D eigenvalue weighted by Crippen LogP contribution is -2.30. The summed E-state index contributed by atoms with van der Waals surface area (Å²) in [4.78, 5) is 2.44. The normalized spacial score (nSPS) is 15.8. The monoisotopic (exact) mass is 303 g/mol. The molecule has 0 aliphatic heterocycles. The Morgan fingerprint density at radius 2 is 1.64 bits per heavy atom. The van der Waals surface area contributed by atoms with Gasteiger partial charge in [0.05, 0.1) is 6.10 Å². The fraction of sp³-hybridized carbons (Fsp3) is 0.700. The fourth-order valence-corrected chi connectivity index (χ4v) is 3.37. The summed E-state index contributed by atoms with van der Waals surface area (Å²) in [6, 6.07) is 6.65. The Labute approximate surface area is 136 Å². The Morgan fingerprint density at radius 3 is 2.27 bits per heavy atom. The lowest BCUT2D eigenvalue weighted by atomic mass is 9.89. The predicted octanol–water partition coefficient (Wildman–Crippen LogP) is 4.50. The lowest BCUT2D eigenvalue weighted by Gasteiger charge is -2.26. The molecule has 0 bridgehead atoms. The van der Waals surface area contributed by atoms with Crippen molar-refractivity contribution in [2.75, 3.05) is 19.6 Å². The van der Waals surface area contributed by atoms with Crippen LogP contribution in [0.25, 0.3) is 0 Å². The van der Waals surface area contributed by atoms with E-state index >= 15 is 0 Å². The van der Waals surface area contributed by atoms with Crippen molar-refractivity contribution in [3.05, 3.63) is 34.9 Å². The maximum atomic E-state index is 10.6. The van der Waals surface area contributed by atoms with Crippen LogP contribution < -0.4 is 0 Å². The molecule has 22 heavy (non-hydrogen) atoms. The molecule has 1 aromatic carbocycles. The quantitative estimate of drug-likeness (QED) is 0.726. The Kier molecular flexibility index (Phi) is 7.41. The van der Waals surface area contributed by atoms with Crippen LogP contribution in [0.4, 0.5) is 0 Å². The Hall–Kier alpha value is -0.860. The molecular weight excluding hydrogens is 270 g/mol. The van der Waals surface area contributed by atoms with Crippen LogP contribution in [0.1, 0.15) is 75.2 Å². The molecule has 2 nitrogen and oxygen atoms in total. The van der Waals surface area contributed by atoms with Crippen LogP contribution in [-0.4, -0.2) is 29.6 Å². The average Bonchev–Trinajstić information content (AvgIpc) is 2.56. The van der Waals surface area contributed by atoms with Gasteiger partial charge in [-0.25, -0.2) is 0 Å². The van der Waals surface area contributed by atoms with Crippen LogP contribution in [-0.2, 0) is 12.8 Å². The van der Waals surface area contributed by atoms with Crippen molar-refractivity contribution in [2.24, 2.45) is 0 Å². The molecule has 0 amide bonds. The van der Waals surface area contributed by atoms with E-state index in [4.69, 9.17) is 0 Å². The molecule has 2 rings (SSSR count). The van der Waals surface area contributed by atoms with E-state index in [0.717, 1.165) is 25.2 Å². The van der Waals surface area contributed by atoms with Crippen molar-refractivity contribution in [3.63, 3.8) is 0 Å². The number of aryl methyl sites for hydroxylation is 2. The molecule has 1 aliphatic carbocycles. The molecule has 1 aliphatic rings. The summed E-state index contributed by atoms with van der Waals surface area (Å²) in [7, 11) is 0. The van der Waals surface area contributed by atoms with Gasteiger partial charge >= 0.3 is 0 Å². The molecule has 0 saturated heterocycles. The van der Waals surface area contributed by atoms with Gasteiger partial charge in [-0.2, -0.15) is 0 Å². The summed E-state index contributed by atoms with van der Waals surface area (Å²) in [6.45, 7) is 7.46. The number of hydrogen-bond donors (Lipinski definition) is 1. The Balaban J connectivity index is 1.97. The maximum absolute atomic E-state index is 10.6. The third kappa shape index (κ3) is 5.10. The van der Waals surface area contributed by atoms with Crippen LogP contribution in [0.3, 0.4) is 0 Å². The third-order valence-corrected chi connectivity index (χ3v) is 4.84. The van der Waals surface area contributed by atoms with Crippen molar-refractivity contribution >= 4 is 0 Å². The van der Waals surface area contributed by atoms with E-state index in [1.54, 1.807) is 0 Å². The number of nitrogens with zero attached hydrogens (tertiary/aromatic N) is 1. The number of rotatable bonds is 9. The summed E-state index contributed by atoms with van der Waals surface area (Å²) >= 11 is 0. The second kappa shape index (κ2) is 9.32. The molecule has 0 saturated carbocycles. The molecule has 2 heteroatoms. The molecule has 0 fully saturated rings. The smallest absolute Gasteiger partial charge is 0.0917 e. The lowest BCUT2D eigenvalue weighted by molar-refractivity contribution is 0.111. The average molecular weight is 303 g/mol. The summed E-state index contributed by atoms with van der Waals surface area (Å²) in [6.07, 6.45) is 9.55. The van der Waals surface area contributed by atoms with Gasteiger partial charge in [-0.15, -0.1) is 0 Å². The number of benzene rings is 1. The molecule has 0 aromatic heterocycles. The first-order valence-electron chi connectivity index (χ1n) is 9.26. The summed E-state index contributed by atoms with van der Waals surface area (Å²) in [5.74, 6) is 0. The largest absolute Gasteiger partial charge is 0.387 e. The van der Waals surface area contributed by atoms with Crippen molar-refractivity contribution < 1.29 is 5.11 Å². The van der Waals surface area contributed by atoms with E-state index < -0.39 is 0 Å². The van der Waals surface area contributed by atoms with Gasteiger partial charge in [0.15, 0.2) is 0 Å². The molecule has 0 spiro atoms. The van der Waals surface area contributed by atoms with Crippen molar-refractivity contribution in [1.82, 2.24) is 4.90 Å². The second-order valence-electron chi connectivity index (χ2n) is 6.76. The van der Waals surface area contributed by atoms with Gasteiger partial charge < -0.3 is 10.0 Å². The molecule has 0 heterocycles. The highest BCUT2D eigenvalue weighted by atomic mass is 16.3. The number of hydrogen-bond acceptors (Lipinski definition) is 2. The topological polar surface area (TPSA) is 23.5 Å². The van der Waals surface area contributed by atoms with Gasteiger partial charge in [-0.05, 0) is 68.3 Å². The molecule has 1 N–H and O–H groups in total. The first-order valence-corrected chi connectivity index (χ1v) is 9.26. The van der Waals surface area contributed by atoms with Crippen LogP contribution >= 0.6 is 0 Å². The highest BCUT2D eigenvalue weighted by molar-refractivity contribution is 5.34. The number of aliphatic hydroxyl groups excluding tert-OH is 1. The van der Waals surface area contributed by atoms with Crippen LogP contribution in [0.5, 0.6) is 0 Å². The minimum atomic E-state index is -0.346. The Morgan fingerprint density at radius 1 is 1.00 bits per heavy atom. The van der Waals surface area contributed by atoms with Gasteiger partial charge in [0.1, 0.15) is 0 Å². The molecule has 1 unspecified atom stereocenters. The molecule has 1 aromatic rings. The van der Waals surface area contributed by atoms with Crippen LogP contribution in [0, 0.1) is 0 Å². The zero-order valence-electron chi connectivity index (χ0n) is 14.5. The van der Waals surface area contributed by atoms with Crippen LogP contribution in [0.2, 0.25) is 0 Å². The van der Waals surface area contributed by atoms with Gasteiger partial charge in [0.2, 0.25) is 0 Å². The van der Waals surface area contributed by atoms with Crippen molar-refractivity contribution in [2.45, 2.75) is 71.3 Å². The van der Waals surface area contributed by atoms with E-state index in [0.29, 0.717) is 0 Å². The van der Waals surface area contributed by atoms with Gasteiger partial charge in [-0.1, -0.05) is 44.9 Å². The summed E-state index contributed by atoms with van der Waals surface area (Å²) < 4.78 is 0. The van der Waals surface area contributed by atoms with Crippen molar-refractivity contribution in [1.29, 1.82) is 0 Å². The fourth-order valence-electron chi connectivity index (χ4n) is 3.37. The van der Waals surface area contributed by atoms with E-state index in [1.807, 2.05) is 0 Å². The van der Waals surface area contributed by atoms with Gasteiger partial charge in [0, 0.05) is 6.54 Å². The standard InChI is InChI=1S/C20H33NO/c1-3-5-13-21(14-6-4-2)16-20(22)19-12-11-17-9-7-8-10-18(17)15-19/h11-12,15,20,22H,3-10,13-14,16H2,1-2H3. The first-order chi connectivity index (χ1) is 10.7. The van der Waals surface area contributed by atoms with E-state index in [-0.39, 0.29) is 6.10 Å². The Bertz CT molecular complexity index is 435. The SMILES string of the molecule is CCCCN(CCCC)CC(O)c1ccc2c(c1)CCCC2. The number of unbranched alkanes of at least 4 members (excludes halogenated alkanes) is 2. The second-order valence-corrected chi connectivity index (χ2v) is 6.76. The molecule has 1 atom stereocenters. The number of fused-ring (bicyclic) bond motifs is 1. The molecular formula is C20H33NO. The minimum Gasteiger partial charge on any atom is -0.387 e.